The van der Waals surface area contributed by atoms with Crippen molar-refractivity contribution in [3.05, 3.63) is 35.4 Å². The number of ether oxygens (including phenoxy) is 1. The zero-order chi connectivity index (χ0) is 12.1. The first-order chi connectivity index (χ1) is 8.24. The molecule has 0 aliphatic heterocycles. The third-order valence-electron chi connectivity index (χ3n) is 2.92. The highest BCUT2D eigenvalue weighted by Gasteiger charge is 2.19. The molecule has 2 rings (SSSR count). The Morgan fingerprint density at radius 1 is 1.18 bits per heavy atom. The minimum Gasteiger partial charge on any atom is -0.377 e. The first kappa shape index (κ1) is 12.6. The molecule has 0 bridgehead atoms. The van der Waals surface area contributed by atoms with Crippen molar-refractivity contribution in [3.63, 3.8) is 0 Å². The third-order valence-corrected chi connectivity index (χ3v) is 2.92. The monoisotopic (exact) mass is 233 g/mol. The van der Waals surface area contributed by atoms with Crippen LogP contribution in [-0.4, -0.2) is 12.6 Å². The van der Waals surface area contributed by atoms with Crippen LogP contribution in [0.5, 0.6) is 0 Å². The Hall–Kier alpha value is -0.860. The van der Waals surface area contributed by atoms with Gasteiger partial charge in [-0.1, -0.05) is 38.1 Å². The Kier molecular flexibility index (Phi) is 4.57. The lowest BCUT2D eigenvalue weighted by molar-refractivity contribution is 0.0971. The molecule has 0 unspecified atom stereocenters. The van der Waals surface area contributed by atoms with Crippen molar-refractivity contribution in [2.45, 2.75) is 45.9 Å². The Labute approximate surface area is 104 Å². The zero-order valence-electron chi connectivity index (χ0n) is 10.9. The maximum atomic E-state index is 5.61. The molecule has 0 radical (unpaired) electrons. The molecule has 1 aromatic rings. The molecule has 1 saturated carbocycles. The van der Waals surface area contributed by atoms with Gasteiger partial charge in [0, 0.05) is 19.2 Å². The van der Waals surface area contributed by atoms with Gasteiger partial charge in [0.2, 0.25) is 0 Å². The van der Waals surface area contributed by atoms with E-state index in [0.717, 1.165) is 25.8 Å². The van der Waals surface area contributed by atoms with Gasteiger partial charge in [-0.15, -0.1) is 0 Å². The van der Waals surface area contributed by atoms with Crippen molar-refractivity contribution in [2.24, 2.45) is 5.92 Å². The van der Waals surface area contributed by atoms with Crippen LogP contribution >= 0.6 is 0 Å². The largest absolute Gasteiger partial charge is 0.377 e. The second-order valence-corrected chi connectivity index (χ2v) is 5.38. The van der Waals surface area contributed by atoms with Gasteiger partial charge in [-0.3, -0.25) is 0 Å². The minimum absolute atomic E-state index is 0.608. The van der Waals surface area contributed by atoms with Crippen LogP contribution in [-0.2, 0) is 17.9 Å². The predicted molar refractivity (Wildman–Crippen MR) is 70.8 cm³/mol. The van der Waals surface area contributed by atoms with Crippen LogP contribution in [0.4, 0.5) is 0 Å². The summed E-state index contributed by atoms with van der Waals surface area (Å²) in [6.07, 6.45) is 2.70. The summed E-state index contributed by atoms with van der Waals surface area (Å²) in [4.78, 5) is 0. The topological polar surface area (TPSA) is 21.3 Å². The predicted octanol–water partition coefficient (Wildman–Crippen LogP) is 3.11. The van der Waals surface area contributed by atoms with E-state index in [0.29, 0.717) is 5.92 Å². The van der Waals surface area contributed by atoms with E-state index in [1.165, 1.54) is 24.0 Å². The highest BCUT2D eigenvalue weighted by Crippen LogP contribution is 2.19. The molecule has 1 aromatic carbocycles. The molecular weight excluding hydrogens is 210 g/mol. The van der Waals surface area contributed by atoms with E-state index >= 15 is 0 Å². The molecule has 2 nitrogen and oxygen atoms in total. The lowest BCUT2D eigenvalue weighted by Gasteiger charge is -2.08. The number of nitrogens with one attached hydrogen (secondary N) is 1. The lowest BCUT2D eigenvalue weighted by Crippen LogP contribution is -2.15. The SMILES string of the molecule is CC(C)COCc1ccc(CNC2CC2)cc1. The lowest BCUT2D eigenvalue weighted by atomic mass is 10.1. The molecule has 0 spiro atoms. The molecule has 17 heavy (non-hydrogen) atoms. The fourth-order valence-corrected chi connectivity index (χ4v) is 1.72. The van der Waals surface area contributed by atoms with Gasteiger partial charge in [-0.25, -0.2) is 0 Å². The van der Waals surface area contributed by atoms with E-state index in [1.807, 2.05) is 0 Å². The molecule has 0 aromatic heterocycles. The standard InChI is InChI=1S/C15H23NO/c1-12(2)10-17-11-14-5-3-13(4-6-14)9-16-15-7-8-15/h3-6,12,15-16H,7-11H2,1-2H3. The second kappa shape index (κ2) is 6.18. The van der Waals surface area contributed by atoms with Crippen LogP contribution in [0, 0.1) is 5.92 Å². The normalized spacial score (nSPS) is 15.5. The number of hydrogen-bond donors (Lipinski definition) is 1. The second-order valence-electron chi connectivity index (χ2n) is 5.38. The summed E-state index contributed by atoms with van der Waals surface area (Å²) in [5.41, 5.74) is 2.63. The van der Waals surface area contributed by atoms with E-state index in [2.05, 4.69) is 43.4 Å². The van der Waals surface area contributed by atoms with Crippen LogP contribution in [0.15, 0.2) is 24.3 Å². The Morgan fingerprint density at radius 3 is 2.41 bits per heavy atom. The molecular formula is C15H23NO. The van der Waals surface area contributed by atoms with Crippen LogP contribution in [0.2, 0.25) is 0 Å². The van der Waals surface area contributed by atoms with Gasteiger partial charge >= 0.3 is 0 Å². The summed E-state index contributed by atoms with van der Waals surface area (Å²) in [7, 11) is 0. The summed E-state index contributed by atoms with van der Waals surface area (Å²) >= 11 is 0. The molecule has 0 heterocycles. The van der Waals surface area contributed by atoms with E-state index in [1.54, 1.807) is 0 Å². The van der Waals surface area contributed by atoms with E-state index < -0.39 is 0 Å². The minimum atomic E-state index is 0.608. The summed E-state index contributed by atoms with van der Waals surface area (Å²) in [6.45, 7) is 6.91. The summed E-state index contributed by atoms with van der Waals surface area (Å²) in [5.74, 6) is 0.608. The average Bonchev–Trinajstić information content (AvgIpc) is 3.11. The van der Waals surface area contributed by atoms with Gasteiger partial charge in [0.25, 0.3) is 0 Å². The zero-order valence-corrected chi connectivity index (χ0v) is 10.9. The fraction of sp³-hybridized carbons (Fsp3) is 0.600. The Bertz CT molecular complexity index is 327. The summed E-state index contributed by atoms with van der Waals surface area (Å²) in [5, 5.41) is 3.52. The van der Waals surface area contributed by atoms with Gasteiger partial charge in [0.15, 0.2) is 0 Å². The quantitative estimate of drug-likeness (QED) is 0.781. The van der Waals surface area contributed by atoms with Crippen molar-refractivity contribution in [2.75, 3.05) is 6.61 Å². The van der Waals surface area contributed by atoms with Gasteiger partial charge in [0.1, 0.15) is 0 Å². The molecule has 1 aliphatic carbocycles. The molecule has 2 heteroatoms. The molecule has 1 aliphatic rings. The van der Waals surface area contributed by atoms with Gasteiger partial charge in [0.05, 0.1) is 6.61 Å². The highest BCUT2D eigenvalue weighted by atomic mass is 16.5. The fourth-order valence-electron chi connectivity index (χ4n) is 1.72. The van der Waals surface area contributed by atoms with Crippen LogP contribution in [0.25, 0.3) is 0 Å². The summed E-state index contributed by atoms with van der Waals surface area (Å²) < 4.78 is 5.61. The molecule has 1 N–H and O–H groups in total. The smallest absolute Gasteiger partial charge is 0.0717 e. The first-order valence-electron chi connectivity index (χ1n) is 6.63. The van der Waals surface area contributed by atoms with Gasteiger partial charge < -0.3 is 10.1 Å². The molecule has 1 fully saturated rings. The molecule has 0 saturated heterocycles. The van der Waals surface area contributed by atoms with Crippen LogP contribution in [0.3, 0.4) is 0 Å². The number of rotatable bonds is 7. The van der Waals surface area contributed by atoms with Crippen molar-refractivity contribution >= 4 is 0 Å². The van der Waals surface area contributed by atoms with Crippen LogP contribution in [0.1, 0.15) is 37.8 Å². The van der Waals surface area contributed by atoms with Crippen LogP contribution < -0.4 is 5.32 Å². The maximum Gasteiger partial charge on any atom is 0.0717 e. The van der Waals surface area contributed by atoms with E-state index in [-0.39, 0.29) is 0 Å². The van der Waals surface area contributed by atoms with Gasteiger partial charge in [-0.2, -0.15) is 0 Å². The van der Waals surface area contributed by atoms with E-state index in [9.17, 15) is 0 Å². The summed E-state index contributed by atoms with van der Waals surface area (Å²) in [6, 6.07) is 9.52. The van der Waals surface area contributed by atoms with Crippen molar-refractivity contribution in [1.29, 1.82) is 0 Å². The third kappa shape index (κ3) is 4.88. The molecule has 0 amide bonds. The van der Waals surface area contributed by atoms with Gasteiger partial charge in [-0.05, 0) is 29.9 Å². The highest BCUT2D eigenvalue weighted by molar-refractivity contribution is 5.22. The molecule has 94 valence electrons. The molecule has 0 atom stereocenters. The van der Waals surface area contributed by atoms with Crippen molar-refractivity contribution in [1.82, 2.24) is 5.32 Å². The first-order valence-corrected chi connectivity index (χ1v) is 6.63. The number of benzene rings is 1. The number of hydrogen-bond acceptors (Lipinski definition) is 2. The van der Waals surface area contributed by atoms with E-state index in [4.69, 9.17) is 4.74 Å². The average molecular weight is 233 g/mol. The Balaban J connectivity index is 1.72. The Morgan fingerprint density at radius 2 is 1.82 bits per heavy atom. The van der Waals surface area contributed by atoms with Crippen molar-refractivity contribution < 1.29 is 4.74 Å². The van der Waals surface area contributed by atoms with Crippen molar-refractivity contribution in [3.8, 4) is 0 Å². The maximum absolute atomic E-state index is 5.61.